The van der Waals surface area contributed by atoms with Crippen LogP contribution in [-0.4, -0.2) is 0 Å². The zero-order valence-electron chi connectivity index (χ0n) is 18.7. The van der Waals surface area contributed by atoms with E-state index in [0.717, 1.165) is 0 Å². The fraction of sp³-hybridized carbons (Fsp3) is 0. The predicted molar refractivity (Wildman–Crippen MR) is 147 cm³/mol. The van der Waals surface area contributed by atoms with E-state index in [1.165, 1.54) is 65.3 Å². The summed E-state index contributed by atoms with van der Waals surface area (Å²) in [5.41, 5.74) is 5.05. The van der Waals surface area contributed by atoms with E-state index in [1.54, 1.807) is 0 Å². The lowest BCUT2D eigenvalue weighted by atomic mass is 9.89. The second-order valence-electron chi connectivity index (χ2n) is 8.92. The van der Waals surface area contributed by atoms with Crippen molar-refractivity contribution in [2.45, 2.75) is 0 Å². The number of hydrogen-bond donors (Lipinski definition) is 0. The van der Waals surface area contributed by atoms with Crippen molar-refractivity contribution in [3.63, 3.8) is 0 Å². The smallest absolute Gasteiger partial charge is 0.00204 e. The maximum Gasteiger partial charge on any atom is -0.00204 e. The molecule has 0 aliphatic heterocycles. The normalized spacial score (nSPS) is 11.5. The Morgan fingerprint density at radius 3 is 1.35 bits per heavy atom. The quantitative estimate of drug-likeness (QED) is 0.239. The molecule has 0 nitrogen and oxygen atoms in total. The summed E-state index contributed by atoms with van der Waals surface area (Å²) in [7, 11) is 0. The minimum atomic E-state index is 1.25. The van der Waals surface area contributed by atoms with Crippen LogP contribution in [-0.2, 0) is 0 Å². The molecule has 7 rings (SSSR count). The number of fused-ring (bicyclic) bond motifs is 7. The van der Waals surface area contributed by atoms with Crippen LogP contribution in [0.25, 0.3) is 65.3 Å². The molecule has 0 aliphatic carbocycles. The Labute approximate surface area is 198 Å². The Morgan fingerprint density at radius 1 is 0.265 bits per heavy atom. The first kappa shape index (κ1) is 19.1. The van der Waals surface area contributed by atoms with Gasteiger partial charge in [-0.3, -0.25) is 0 Å². The van der Waals surface area contributed by atoms with E-state index in [1.807, 2.05) is 0 Å². The lowest BCUT2D eigenvalue weighted by molar-refractivity contribution is 1.63. The third-order valence-corrected chi connectivity index (χ3v) is 7.06. The molecule has 0 aliphatic rings. The second-order valence-corrected chi connectivity index (χ2v) is 8.92. The topological polar surface area (TPSA) is 0 Å². The van der Waals surface area contributed by atoms with Gasteiger partial charge in [0.25, 0.3) is 0 Å². The molecular formula is C34H22. The zero-order valence-corrected chi connectivity index (χ0v) is 18.7. The largest absolute Gasteiger partial charge is 0.0616 e. The highest BCUT2D eigenvalue weighted by molar-refractivity contribution is 6.28. The van der Waals surface area contributed by atoms with Gasteiger partial charge in [0.15, 0.2) is 0 Å². The van der Waals surface area contributed by atoms with Crippen LogP contribution in [0.15, 0.2) is 133 Å². The fourth-order valence-corrected chi connectivity index (χ4v) is 5.50. The molecule has 0 aromatic heterocycles. The van der Waals surface area contributed by atoms with Crippen LogP contribution >= 0.6 is 0 Å². The molecule has 0 heteroatoms. The molecule has 7 aromatic rings. The summed E-state index contributed by atoms with van der Waals surface area (Å²) in [4.78, 5) is 0. The van der Waals surface area contributed by atoms with Crippen LogP contribution in [0.4, 0.5) is 0 Å². The van der Waals surface area contributed by atoms with Crippen molar-refractivity contribution >= 4 is 43.1 Å². The van der Waals surface area contributed by atoms with E-state index in [-0.39, 0.29) is 0 Å². The molecule has 0 bridgehead atoms. The van der Waals surface area contributed by atoms with Gasteiger partial charge >= 0.3 is 0 Å². The molecule has 0 saturated heterocycles. The first-order valence-corrected chi connectivity index (χ1v) is 11.8. The van der Waals surface area contributed by atoms with Gasteiger partial charge in [-0.25, -0.2) is 0 Å². The van der Waals surface area contributed by atoms with E-state index in [2.05, 4.69) is 133 Å². The lowest BCUT2D eigenvalue weighted by Gasteiger charge is -2.15. The first-order chi connectivity index (χ1) is 16.9. The van der Waals surface area contributed by atoms with Crippen molar-refractivity contribution in [3.8, 4) is 22.3 Å². The van der Waals surface area contributed by atoms with Crippen LogP contribution in [0, 0.1) is 0 Å². The van der Waals surface area contributed by atoms with Gasteiger partial charge in [0.2, 0.25) is 0 Å². The Balaban J connectivity index is 1.47. The molecule has 0 radical (unpaired) electrons. The Bertz CT molecular complexity index is 1790. The van der Waals surface area contributed by atoms with Crippen molar-refractivity contribution in [2.75, 3.05) is 0 Å². The number of hydrogen-bond acceptors (Lipinski definition) is 0. The molecule has 0 atom stereocenters. The van der Waals surface area contributed by atoms with Crippen LogP contribution in [0.2, 0.25) is 0 Å². The Hall–Kier alpha value is -4.42. The van der Waals surface area contributed by atoms with Gasteiger partial charge in [-0.15, -0.1) is 0 Å². The number of rotatable bonds is 2. The third kappa shape index (κ3) is 2.86. The first-order valence-electron chi connectivity index (χ1n) is 11.8. The summed E-state index contributed by atoms with van der Waals surface area (Å²) in [6.07, 6.45) is 0. The fourth-order valence-electron chi connectivity index (χ4n) is 5.50. The SMILES string of the molecule is c1ccc2c(-c3ccc(-c4cccc5c6ccccc6c6ccccc6c45)cc3)cccc2c1. The highest BCUT2D eigenvalue weighted by Crippen LogP contribution is 2.40. The minimum Gasteiger partial charge on any atom is -0.0616 e. The summed E-state index contributed by atoms with van der Waals surface area (Å²) < 4.78 is 0. The van der Waals surface area contributed by atoms with Crippen molar-refractivity contribution in [2.24, 2.45) is 0 Å². The zero-order chi connectivity index (χ0) is 22.5. The van der Waals surface area contributed by atoms with Crippen molar-refractivity contribution < 1.29 is 0 Å². The number of benzene rings is 7. The van der Waals surface area contributed by atoms with Gasteiger partial charge in [-0.05, 0) is 65.3 Å². The molecular weight excluding hydrogens is 408 g/mol. The molecule has 0 spiro atoms. The molecule has 0 fully saturated rings. The molecule has 158 valence electrons. The summed E-state index contributed by atoms with van der Waals surface area (Å²) in [5, 5.41) is 10.5. The minimum absolute atomic E-state index is 1.25. The van der Waals surface area contributed by atoms with Crippen LogP contribution in [0.1, 0.15) is 0 Å². The molecule has 0 heterocycles. The molecule has 0 saturated carbocycles. The lowest BCUT2D eigenvalue weighted by Crippen LogP contribution is -1.87. The van der Waals surface area contributed by atoms with Crippen molar-refractivity contribution in [1.82, 2.24) is 0 Å². The van der Waals surface area contributed by atoms with Gasteiger partial charge in [0.05, 0.1) is 0 Å². The molecule has 7 aromatic carbocycles. The Morgan fingerprint density at radius 2 is 0.676 bits per heavy atom. The summed E-state index contributed by atoms with van der Waals surface area (Å²) in [6, 6.07) is 48.5. The molecule has 0 amide bonds. The second kappa shape index (κ2) is 7.57. The summed E-state index contributed by atoms with van der Waals surface area (Å²) in [5.74, 6) is 0. The highest BCUT2D eigenvalue weighted by Gasteiger charge is 2.12. The predicted octanol–water partition coefficient (Wildman–Crippen LogP) is 9.63. The van der Waals surface area contributed by atoms with E-state index < -0.39 is 0 Å². The van der Waals surface area contributed by atoms with Gasteiger partial charge in [-0.2, -0.15) is 0 Å². The summed E-state index contributed by atoms with van der Waals surface area (Å²) in [6.45, 7) is 0. The molecule has 0 unspecified atom stereocenters. The monoisotopic (exact) mass is 430 g/mol. The summed E-state index contributed by atoms with van der Waals surface area (Å²) >= 11 is 0. The van der Waals surface area contributed by atoms with Gasteiger partial charge < -0.3 is 0 Å². The van der Waals surface area contributed by atoms with E-state index in [4.69, 9.17) is 0 Å². The van der Waals surface area contributed by atoms with Crippen LogP contribution < -0.4 is 0 Å². The van der Waals surface area contributed by atoms with Crippen molar-refractivity contribution in [1.29, 1.82) is 0 Å². The van der Waals surface area contributed by atoms with E-state index in [9.17, 15) is 0 Å². The maximum atomic E-state index is 2.27. The molecule has 34 heavy (non-hydrogen) atoms. The van der Waals surface area contributed by atoms with Gasteiger partial charge in [-0.1, -0.05) is 133 Å². The molecule has 0 N–H and O–H groups in total. The Kier molecular flexibility index (Phi) is 4.25. The maximum absolute atomic E-state index is 2.27. The van der Waals surface area contributed by atoms with Gasteiger partial charge in [0.1, 0.15) is 0 Å². The van der Waals surface area contributed by atoms with E-state index in [0.29, 0.717) is 0 Å². The standard InChI is InChI=1S/C34H22/c1-2-11-26-23(9-1)10-7-16-27(26)24-19-21-25(22-20-24)28-17-8-18-33-31-13-4-3-12-29(31)30-14-5-6-15-32(30)34(28)33/h1-22H. The average molecular weight is 431 g/mol. The van der Waals surface area contributed by atoms with Gasteiger partial charge in [0, 0.05) is 0 Å². The third-order valence-electron chi connectivity index (χ3n) is 7.06. The van der Waals surface area contributed by atoms with Crippen LogP contribution in [0.5, 0.6) is 0 Å². The highest BCUT2D eigenvalue weighted by atomic mass is 14.2. The average Bonchev–Trinajstić information content (AvgIpc) is 2.93. The van der Waals surface area contributed by atoms with Crippen LogP contribution in [0.3, 0.4) is 0 Å². The van der Waals surface area contributed by atoms with Crippen molar-refractivity contribution in [3.05, 3.63) is 133 Å². The van der Waals surface area contributed by atoms with E-state index >= 15 is 0 Å².